The van der Waals surface area contributed by atoms with Crippen molar-refractivity contribution in [3.8, 4) is 5.75 Å². The standard InChI is InChI=1S/C13H15N3O2S2/c1-8-6-9(4-5-10(8)18-2)7-11(17)14-12-15-16-13(19-3)20-12/h4-6H,7H2,1-3H3,(H,14,15,17). The van der Waals surface area contributed by atoms with Gasteiger partial charge in [0.2, 0.25) is 11.0 Å². The van der Waals surface area contributed by atoms with E-state index in [4.69, 9.17) is 4.74 Å². The van der Waals surface area contributed by atoms with E-state index in [2.05, 4.69) is 15.5 Å². The molecule has 2 rings (SSSR count). The Morgan fingerprint density at radius 2 is 2.25 bits per heavy atom. The fraction of sp³-hybridized carbons (Fsp3) is 0.308. The van der Waals surface area contributed by atoms with Crippen molar-refractivity contribution in [3.63, 3.8) is 0 Å². The van der Waals surface area contributed by atoms with Gasteiger partial charge in [0.25, 0.3) is 0 Å². The molecule has 0 bridgehead atoms. The maximum atomic E-state index is 11.9. The Kier molecular flexibility index (Phi) is 4.97. The molecule has 1 amide bonds. The predicted octanol–water partition coefficient (Wildman–Crippen LogP) is 2.76. The smallest absolute Gasteiger partial charge is 0.230 e. The highest BCUT2D eigenvalue weighted by molar-refractivity contribution is 8.00. The molecule has 0 unspecified atom stereocenters. The van der Waals surface area contributed by atoms with Crippen LogP contribution in [-0.2, 0) is 11.2 Å². The SMILES string of the molecule is COc1ccc(CC(=O)Nc2nnc(SC)s2)cc1C. The van der Waals surface area contributed by atoms with E-state index in [9.17, 15) is 4.79 Å². The molecule has 20 heavy (non-hydrogen) atoms. The maximum Gasteiger partial charge on any atom is 0.230 e. The summed E-state index contributed by atoms with van der Waals surface area (Å²) in [6, 6.07) is 5.71. The summed E-state index contributed by atoms with van der Waals surface area (Å²) in [7, 11) is 1.63. The quantitative estimate of drug-likeness (QED) is 0.679. The van der Waals surface area contributed by atoms with E-state index in [-0.39, 0.29) is 5.91 Å². The van der Waals surface area contributed by atoms with Gasteiger partial charge < -0.3 is 10.1 Å². The third kappa shape index (κ3) is 3.71. The van der Waals surface area contributed by atoms with Gasteiger partial charge in [-0.05, 0) is 30.4 Å². The van der Waals surface area contributed by atoms with Crippen molar-refractivity contribution >= 4 is 34.1 Å². The Morgan fingerprint density at radius 3 is 2.85 bits per heavy atom. The number of amides is 1. The molecule has 106 valence electrons. The van der Waals surface area contributed by atoms with Crippen LogP contribution >= 0.6 is 23.1 Å². The number of anilines is 1. The first-order chi connectivity index (χ1) is 9.62. The fourth-order valence-corrected chi connectivity index (χ4v) is 2.93. The second-order valence-electron chi connectivity index (χ2n) is 4.11. The van der Waals surface area contributed by atoms with E-state index >= 15 is 0 Å². The zero-order valence-corrected chi connectivity index (χ0v) is 13.1. The molecule has 0 aliphatic carbocycles. The number of ether oxygens (including phenoxy) is 1. The molecule has 5 nitrogen and oxygen atoms in total. The van der Waals surface area contributed by atoms with Crippen molar-refractivity contribution in [2.45, 2.75) is 17.7 Å². The lowest BCUT2D eigenvalue weighted by atomic mass is 10.1. The summed E-state index contributed by atoms with van der Waals surface area (Å²) in [4.78, 5) is 11.9. The van der Waals surface area contributed by atoms with Gasteiger partial charge in [0.05, 0.1) is 13.5 Å². The molecule has 1 heterocycles. The molecule has 0 saturated heterocycles. The number of carbonyl (C=O) groups is 1. The summed E-state index contributed by atoms with van der Waals surface area (Å²) in [5, 5.41) is 11.1. The van der Waals surface area contributed by atoms with Crippen molar-refractivity contribution < 1.29 is 9.53 Å². The Hall–Kier alpha value is -1.60. The van der Waals surface area contributed by atoms with Crippen LogP contribution in [0, 0.1) is 6.92 Å². The number of carbonyl (C=O) groups excluding carboxylic acids is 1. The van der Waals surface area contributed by atoms with Gasteiger partial charge >= 0.3 is 0 Å². The summed E-state index contributed by atoms with van der Waals surface area (Å²) in [6.45, 7) is 1.95. The molecule has 0 aliphatic heterocycles. The molecule has 7 heteroatoms. The number of hydrogen-bond donors (Lipinski definition) is 1. The van der Waals surface area contributed by atoms with Crippen molar-refractivity contribution in [3.05, 3.63) is 29.3 Å². The Bertz CT molecular complexity index is 613. The molecular weight excluding hydrogens is 294 g/mol. The van der Waals surface area contributed by atoms with E-state index in [0.29, 0.717) is 11.6 Å². The molecule has 2 aromatic rings. The number of nitrogens with one attached hydrogen (secondary N) is 1. The number of aryl methyl sites for hydroxylation is 1. The number of benzene rings is 1. The first-order valence-corrected chi connectivity index (χ1v) is 7.97. The fourth-order valence-electron chi connectivity index (χ4n) is 1.74. The Balaban J connectivity index is 1.99. The average molecular weight is 309 g/mol. The first kappa shape index (κ1) is 14.8. The van der Waals surface area contributed by atoms with E-state index in [1.807, 2.05) is 31.4 Å². The number of rotatable bonds is 5. The lowest BCUT2D eigenvalue weighted by molar-refractivity contribution is -0.115. The van der Waals surface area contributed by atoms with Gasteiger partial charge in [-0.15, -0.1) is 10.2 Å². The third-order valence-electron chi connectivity index (χ3n) is 2.65. The monoisotopic (exact) mass is 309 g/mol. The van der Waals surface area contributed by atoms with Gasteiger partial charge in [-0.3, -0.25) is 4.79 Å². The van der Waals surface area contributed by atoms with Gasteiger partial charge in [0, 0.05) is 0 Å². The largest absolute Gasteiger partial charge is 0.496 e. The minimum atomic E-state index is -0.0987. The van der Waals surface area contributed by atoms with E-state index in [1.165, 1.54) is 23.1 Å². The molecular formula is C13H15N3O2S2. The lowest BCUT2D eigenvalue weighted by Gasteiger charge is -2.07. The predicted molar refractivity (Wildman–Crippen MR) is 81.8 cm³/mol. The number of hydrogen-bond acceptors (Lipinski definition) is 6. The summed E-state index contributed by atoms with van der Waals surface area (Å²) in [5.41, 5.74) is 1.95. The van der Waals surface area contributed by atoms with Crippen LogP contribution in [0.5, 0.6) is 5.75 Å². The Morgan fingerprint density at radius 1 is 1.45 bits per heavy atom. The minimum absolute atomic E-state index is 0.0987. The minimum Gasteiger partial charge on any atom is -0.496 e. The molecule has 0 fully saturated rings. The summed E-state index contributed by atoms with van der Waals surface area (Å²) in [6.07, 6.45) is 2.23. The normalized spacial score (nSPS) is 10.3. The van der Waals surface area contributed by atoms with Crippen molar-refractivity contribution in [1.29, 1.82) is 0 Å². The summed E-state index contributed by atoms with van der Waals surface area (Å²) >= 11 is 2.88. The van der Waals surface area contributed by atoms with Crippen LogP contribution in [0.1, 0.15) is 11.1 Å². The molecule has 0 spiro atoms. The van der Waals surface area contributed by atoms with Crippen LogP contribution in [0.15, 0.2) is 22.5 Å². The Labute approximate surface area is 125 Å². The second kappa shape index (κ2) is 6.71. The van der Waals surface area contributed by atoms with Gasteiger partial charge in [0.1, 0.15) is 5.75 Å². The van der Waals surface area contributed by atoms with Crippen LogP contribution in [-0.4, -0.2) is 29.5 Å². The zero-order chi connectivity index (χ0) is 14.5. The highest BCUT2D eigenvalue weighted by atomic mass is 32.2. The lowest BCUT2D eigenvalue weighted by Crippen LogP contribution is -2.14. The summed E-state index contributed by atoms with van der Waals surface area (Å²) in [5.74, 6) is 0.723. The topological polar surface area (TPSA) is 64.1 Å². The highest BCUT2D eigenvalue weighted by Gasteiger charge is 2.09. The highest BCUT2D eigenvalue weighted by Crippen LogP contribution is 2.23. The molecule has 1 aromatic heterocycles. The molecule has 1 N–H and O–H groups in total. The van der Waals surface area contributed by atoms with Crippen molar-refractivity contribution in [2.75, 3.05) is 18.7 Å². The van der Waals surface area contributed by atoms with Crippen LogP contribution in [0.3, 0.4) is 0 Å². The van der Waals surface area contributed by atoms with E-state index in [0.717, 1.165) is 21.2 Å². The second-order valence-corrected chi connectivity index (χ2v) is 6.14. The summed E-state index contributed by atoms with van der Waals surface area (Å²) < 4.78 is 6.03. The maximum absolute atomic E-state index is 11.9. The molecule has 0 aliphatic rings. The van der Waals surface area contributed by atoms with Crippen molar-refractivity contribution in [1.82, 2.24) is 10.2 Å². The average Bonchev–Trinajstić information content (AvgIpc) is 2.86. The van der Waals surface area contributed by atoms with E-state index < -0.39 is 0 Å². The van der Waals surface area contributed by atoms with Crippen molar-refractivity contribution in [2.24, 2.45) is 0 Å². The number of thioether (sulfide) groups is 1. The third-order valence-corrected chi connectivity index (χ3v) is 4.47. The van der Waals surface area contributed by atoms with Gasteiger partial charge in [-0.25, -0.2) is 0 Å². The van der Waals surface area contributed by atoms with Crippen LogP contribution in [0.25, 0.3) is 0 Å². The van der Waals surface area contributed by atoms with Crippen LogP contribution < -0.4 is 10.1 Å². The number of nitrogens with zero attached hydrogens (tertiary/aromatic N) is 2. The zero-order valence-electron chi connectivity index (χ0n) is 11.5. The molecule has 0 atom stereocenters. The van der Waals surface area contributed by atoms with Crippen LogP contribution in [0.4, 0.5) is 5.13 Å². The number of aromatic nitrogens is 2. The van der Waals surface area contributed by atoms with Gasteiger partial charge in [-0.2, -0.15) is 0 Å². The van der Waals surface area contributed by atoms with Crippen LogP contribution in [0.2, 0.25) is 0 Å². The molecule has 1 aromatic carbocycles. The molecule has 0 saturated carbocycles. The van der Waals surface area contributed by atoms with Gasteiger partial charge in [0.15, 0.2) is 4.34 Å². The number of methoxy groups -OCH3 is 1. The molecule has 0 radical (unpaired) electrons. The van der Waals surface area contributed by atoms with Gasteiger partial charge in [-0.1, -0.05) is 35.2 Å². The van der Waals surface area contributed by atoms with E-state index in [1.54, 1.807) is 7.11 Å². The first-order valence-electron chi connectivity index (χ1n) is 5.93.